The van der Waals surface area contributed by atoms with Crippen molar-refractivity contribution in [2.45, 2.75) is 26.0 Å². The maximum absolute atomic E-state index is 12.0. The van der Waals surface area contributed by atoms with Crippen molar-refractivity contribution in [3.8, 4) is 0 Å². The molecule has 0 saturated heterocycles. The molecule has 25 heavy (non-hydrogen) atoms. The van der Waals surface area contributed by atoms with Crippen LogP contribution in [-0.4, -0.2) is 24.8 Å². The zero-order valence-corrected chi connectivity index (χ0v) is 14.9. The molecule has 9 heteroatoms. The smallest absolute Gasteiger partial charge is 0.328 e. The van der Waals surface area contributed by atoms with Crippen LogP contribution in [0.25, 0.3) is 0 Å². The van der Waals surface area contributed by atoms with Gasteiger partial charge in [0.15, 0.2) is 5.82 Å². The lowest BCUT2D eigenvalue weighted by Gasteiger charge is -2.08. The van der Waals surface area contributed by atoms with E-state index in [-0.39, 0.29) is 18.9 Å². The van der Waals surface area contributed by atoms with Gasteiger partial charge in [-0.2, -0.15) is 4.98 Å². The zero-order valence-electron chi connectivity index (χ0n) is 13.3. The van der Waals surface area contributed by atoms with Crippen molar-refractivity contribution >= 4 is 15.9 Å². The van der Waals surface area contributed by atoms with Crippen molar-refractivity contribution in [3.63, 3.8) is 0 Å². The first-order valence-corrected chi connectivity index (χ1v) is 8.27. The van der Waals surface area contributed by atoms with E-state index >= 15 is 0 Å². The summed E-state index contributed by atoms with van der Waals surface area (Å²) >= 11 is 3.34. The van der Waals surface area contributed by atoms with Crippen LogP contribution in [0.3, 0.4) is 0 Å². The summed E-state index contributed by atoms with van der Waals surface area (Å²) in [6, 6.07) is 7.25. The van der Waals surface area contributed by atoms with E-state index in [1.807, 2.05) is 12.1 Å². The number of hydrogen-bond acceptors (Lipinski definition) is 6. The number of aryl methyl sites for hydroxylation is 1. The second kappa shape index (κ2) is 7.16. The first-order valence-electron chi connectivity index (χ1n) is 7.48. The first kappa shape index (κ1) is 17.3. The van der Waals surface area contributed by atoms with Crippen LogP contribution < -0.4 is 11.2 Å². The number of rotatable bonds is 5. The van der Waals surface area contributed by atoms with Crippen LogP contribution in [0.4, 0.5) is 0 Å². The number of benzene rings is 1. The van der Waals surface area contributed by atoms with Gasteiger partial charge < -0.3 is 14.6 Å². The van der Waals surface area contributed by atoms with Crippen molar-refractivity contribution in [3.05, 3.63) is 78.6 Å². The van der Waals surface area contributed by atoms with Gasteiger partial charge in [-0.1, -0.05) is 33.2 Å². The summed E-state index contributed by atoms with van der Waals surface area (Å²) in [7, 11) is 0. The molecule has 3 rings (SSSR count). The van der Waals surface area contributed by atoms with Crippen LogP contribution in [0.2, 0.25) is 0 Å². The Labute approximate surface area is 150 Å². The Morgan fingerprint density at radius 1 is 1.32 bits per heavy atom. The van der Waals surface area contributed by atoms with Crippen molar-refractivity contribution < 1.29 is 9.63 Å². The molecular weight excluding hydrogens is 392 g/mol. The highest BCUT2D eigenvalue weighted by atomic mass is 79.9. The highest BCUT2D eigenvalue weighted by Gasteiger charge is 2.15. The first-order chi connectivity index (χ1) is 11.9. The Kier molecular flexibility index (Phi) is 4.95. The van der Waals surface area contributed by atoms with E-state index in [1.54, 1.807) is 19.1 Å². The van der Waals surface area contributed by atoms with Crippen LogP contribution in [-0.2, 0) is 13.0 Å². The zero-order chi connectivity index (χ0) is 18.0. The maximum atomic E-state index is 12.0. The summed E-state index contributed by atoms with van der Waals surface area (Å²) in [6.07, 6.45) is 0.725. The third kappa shape index (κ3) is 3.94. The van der Waals surface area contributed by atoms with Crippen LogP contribution in [0.1, 0.15) is 28.9 Å². The Bertz CT molecular complexity index is 990. The molecule has 8 nitrogen and oxygen atoms in total. The molecule has 3 aromatic rings. The summed E-state index contributed by atoms with van der Waals surface area (Å²) in [6.45, 7) is 1.47. The molecular formula is C16H15BrN4O4. The number of hydrogen-bond donors (Lipinski definition) is 2. The second-order valence-electron chi connectivity index (χ2n) is 5.54. The quantitative estimate of drug-likeness (QED) is 0.660. The van der Waals surface area contributed by atoms with Gasteiger partial charge in [-0.25, -0.2) is 4.79 Å². The standard InChI is InChI=1S/C16H15BrN4O4/c1-9-7-18-16(24)21(15(9)23)8-14-19-13(20-25-14)6-12(22)10-2-4-11(17)5-3-10/h2-5,7,12,22H,6,8H2,1H3,(H,18,24)/t12-/m0/s1. The lowest BCUT2D eigenvalue weighted by Crippen LogP contribution is -2.36. The highest BCUT2D eigenvalue weighted by molar-refractivity contribution is 9.10. The molecule has 2 aromatic heterocycles. The average Bonchev–Trinajstić information content (AvgIpc) is 3.03. The van der Waals surface area contributed by atoms with Gasteiger partial charge in [0, 0.05) is 22.7 Å². The molecule has 0 saturated carbocycles. The van der Waals surface area contributed by atoms with Crippen LogP contribution in [0.15, 0.2) is 49.0 Å². The summed E-state index contributed by atoms with van der Waals surface area (Å²) < 4.78 is 6.98. The Morgan fingerprint density at radius 3 is 2.76 bits per heavy atom. The Balaban J connectivity index is 1.75. The number of aliphatic hydroxyl groups is 1. The van der Waals surface area contributed by atoms with Gasteiger partial charge >= 0.3 is 5.69 Å². The lowest BCUT2D eigenvalue weighted by atomic mass is 10.1. The fraction of sp³-hybridized carbons (Fsp3) is 0.250. The van der Waals surface area contributed by atoms with Crippen molar-refractivity contribution in [1.29, 1.82) is 0 Å². The number of aromatic nitrogens is 4. The molecule has 0 radical (unpaired) electrons. The molecule has 130 valence electrons. The minimum Gasteiger partial charge on any atom is -0.388 e. The summed E-state index contributed by atoms with van der Waals surface area (Å²) in [5, 5.41) is 14.0. The molecule has 0 aliphatic heterocycles. The van der Waals surface area contributed by atoms with Crippen LogP contribution in [0.5, 0.6) is 0 Å². The number of halogens is 1. The minimum absolute atomic E-state index is 0.121. The van der Waals surface area contributed by atoms with Gasteiger partial charge in [0.1, 0.15) is 6.54 Å². The molecule has 0 unspecified atom stereocenters. The van der Waals surface area contributed by atoms with Crippen molar-refractivity contribution in [2.75, 3.05) is 0 Å². The fourth-order valence-electron chi connectivity index (χ4n) is 2.31. The molecule has 0 amide bonds. The van der Waals surface area contributed by atoms with E-state index in [0.29, 0.717) is 11.4 Å². The van der Waals surface area contributed by atoms with E-state index in [9.17, 15) is 14.7 Å². The summed E-state index contributed by atoms with van der Waals surface area (Å²) in [5.74, 6) is 0.416. The van der Waals surface area contributed by atoms with E-state index in [4.69, 9.17) is 4.52 Å². The summed E-state index contributed by atoms with van der Waals surface area (Å²) in [4.78, 5) is 30.4. The normalized spacial score (nSPS) is 12.3. The van der Waals surface area contributed by atoms with E-state index in [2.05, 4.69) is 31.1 Å². The third-order valence-electron chi connectivity index (χ3n) is 3.67. The molecule has 0 aliphatic rings. The Morgan fingerprint density at radius 2 is 2.04 bits per heavy atom. The SMILES string of the molecule is Cc1c[nH]c(=O)n(Cc2nc(C[C@H](O)c3ccc(Br)cc3)no2)c1=O. The molecule has 1 atom stereocenters. The topological polar surface area (TPSA) is 114 Å². The molecule has 0 bridgehead atoms. The van der Waals surface area contributed by atoms with E-state index in [0.717, 1.165) is 14.6 Å². The number of nitrogens with zero attached hydrogens (tertiary/aromatic N) is 3. The average molecular weight is 407 g/mol. The number of H-pyrrole nitrogens is 1. The number of aromatic amines is 1. The predicted octanol–water partition coefficient (Wildman–Crippen LogP) is 1.31. The lowest BCUT2D eigenvalue weighted by molar-refractivity contribution is 0.174. The predicted molar refractivity (Wildman–Crippen MR) is 92.3 cm³/mol. The molecule has 0 aliphatic carbocycles. The minimum atomic E-state index is -0.788. The molecule has 0 spiro atoms. The van der Waals surface area contributed by atoms with Gasteiger partial charge in [-0.15, -0.1) is 0 Å². The van der Waals surface area contributed by atoms with E-state index < -0.39 is 17.4 Å². The fourth-order valence-corrected chi connectivity index (χ4v) is 2.57. The third-order valence-corrected chi connectivity index (χ3v) is 4.20. The van der Waals surface area contributed by atoms with E-state index in [1.165, 1.54) is 6.20 Å². The van der Waals surface area contributed by atoms with Crippen molar-refractivity contribution in [2.24, 2.45) is 0 Å². The molecule has 0 fully saturated rings. The summed E-state index contributed by atoms with van der Waals surface area (Å²) in [5.41, 5.74) is 0.162. The van der Waals surface area contributed by atoms with Gasteiger partial charge in [0.2, 0.25) is 5.89 Å². The molecule has 2 N–H and O–H groups in total. The highest BCUT2D eigenvalue weighted by Crippen LogP contribution is 2.19. The largest absolute Gasteiger partial charge is 0.388 e. The number of aliphatic hydroxyl groups excluding tert-OH is 1. The van der Waals surface area contributed by atoms with Gasteiger partial charge in [0.25, 0.3) is 5.56 Å². The van der Waals surface area contributed by atoms with Crippen molar-refractivity contribution in [1.82, 2.24) is 19.7 Å². The molecule has 2 heterocycles. The van der Waals surface area contributed by atoms with Gasteiger partial charge in [-0.3, -0.25) is 9.36 Å². The second-order valence-corrected chi connectivity index (χ2v) is 6.46. The van der Waals surface area contributed by atoms with Gasteiger partial charge in [0.05, 0.1) is 6.10 Å². The maximum Gasteiger partial charge on any atom is 0.328 e. The Hall–Kier alpha value is -2.52. The molecule has 1 aromatic carbocycles. The number of nitrogens with one attached hydrogen (secondary N) is 1. The van der Waals surface area contributed by atoms with Crippen LogP contribution in [0, 0.1) is 6.92 Å². The van der Waals surface area contributed by atoms with Crippen LogP contribution >= 0.6 is 15.9 Å². The monoisotopic (exact) mass is 406 g/mol. The van der Waals surface area contributed by atoms with Gasteiger partial charge in [-0.05, 0) is 24.6 Å².